The predicted molar refractivity (Wildman–Crippen MR) is 58.8 cm³/mol. The van der Waals surface area contributed by atoms with Gasteiger partial charge in [-0.25, -0.2) is 4.79 Å². The molecule has 0 bridgehead atoms. The molecule has 0 amide bonds. The Morgan fingerprint density at radius 3 is 2.94 bits per heavy atom. The second kappa shape index (κ2) is 4.09. The van der Waals surface area contributed by atoms with Gasteiger partial charge in [-0.15, -0.1) is 0 Å². The minimum atomic E-state index is -0.817. The van der Waals surface area contributed by atoms with Crippen molar-refractivity contribution in [2.75, 3.05) is 6.54 Å². The summed E-state index contributed by atoms with van der Waals surface area (Å²) in [7, 11) is 0. The number of fused-ring (bicyclic) bond motifs is 1. The van der Waals surface area contributed by atoms with Gasteiger partial charge in [-0.3, -0.25) is 4.98 Å². The second-order valence-corrected chi connectivity index (χ2v) is 3.60. The first-order valence-electron chi connectivity index (χ1n) is 4.88. The number of hydrogen-bond donors (Lipinski definition) is 4. The van der Waals surface area contributed by atoms with Gasteiger partial charge >= 0.3 is 5.76 Å². The number of nitrogens with two attached hydrogens (primary N) is 2. The zero-order valence-corrected chi connectivity index (χ0v) is 8.51. The molecule has 0 aliphatic carbocycles. The Morgan fingerprint density at radius 2 is 2.25 bits per heavy atom. The number of nitrogens with one attached hydrogen (secondary N) is 1. The molecule has 2 unspecified atom stereocenters. The van der Waals surface area contributed by atoms with Crippen LogP contribution in [0.15, 0.2) is 27.4 Å². The molecule has 2 aromatic rings. The first-order valence-corrected chi connectivity index (χ1v) is 4.88. The first-order chi connectivity index (χ1) is 7.61. The molecular formula is C10H13N3O3. The van der Waals surface area contributed by atoms with Crippen LogP contribution in [0.2, 0.25) is 0 Å². The second-order valence-electron chi connectivity index (χ2n) is 3.60. The Balaban J connectivity index is 2.42. The van der Waals surface area contributed by atoms with E-state index in [2.05, 4.69) is 4.98 Å². The van der Waals surface area contributed by atoms with Crippen LogP contribution < -0.4 is 17.2 Å². The van der Waals surface area contributed by atoms with Gasteiger partial charge in [0.05, 0.1) is 17.7 Å². The summed E-state index contributed by atoms with van der Waals surface area (Å²) >= 11 is 0. The van der Waals surface area contributed by atoms with Crippen molar-refractivity contribution in [1.82, 2.24) is 4.98 Å². The SMILES string of the molecule is NCC(O)C(N)c1ccc2[nH]c(=O)oc2c1. The highest BCUT2D eigenvalue weighted by molar-refractivity contribution is 5.72. The van der Waals surface area contributed by atoms with Crippen LogP contribution in [0, 0.1) is 0 Å². The van der Waals surface area contributed by atoms with E-state index in [9.17, 15) is 9.90 Å². The molecule has 0 aliphatic rings. The average Bonchev–Trinajstić information content (AvgIpc) is 2.65. The molecule has 2 atom stereocenters. The van der Waals surface area contributed by atoms with Crippen molar-refractivity contribution in [2.45, 2.75) is 12.1 Å². The molecule has 16 heavy (non-hydrogen) atoms. The molecule has 0 saturated carbocycles. The van der Waals surface area contributed by atoms with Crippen molar-refractivity contribution in [1.29, 1.82) is 0 Å². The largest absolute Gasteiger partial charge is 0.417 e. The number of rotatable bonds is 3. The number of aliphatic hydroxyl groups excluding tert-OH is 1. The molecule has 1 aromatic carbocycles. The van der Waals surface area contributed by atoms with Crippen LogP contribution in [0.4, 0.5) is 0 Å². The van der Waals surface area contributed by atoms with E-state index in [0.29, 0.717) is 16.7 Å². The fourth-order valence-corrected chi connectivity index (χ4v) is 1.54. The normalized spacial score (nSPS) is 15.2. The van der Waals surface area contributed by atoms with Crippen molar-refractivity contribution >= 4 is 11.1 Å². The fourth-order valence-electron chi connectivity index (χ4n) is 1.54. The van der Waals surface area contributed by atoms with Crippen molar-refractivity contribution in [2.24, 2.45) is 11.5 Å². The number of benzene rings is 1. The third kappa shape index (κ3) is 1.85. The Kier molecular flexibility index (Phi) is 2.78. The molecule has 1 heterocycles. The quantitative estimate of drug-likeness (QED) is 0.556. The van der Waals surface area contributed by atoms with E-state index in [1.165, 1.54) is 0 Å². The summed E-state index contributed by atoms with van der Waals surface area (Å²) in [4.78, 5) is 13.5. The van der Waals surface area contributed by atoms with E-state index in [-0.39, 0.29) is 6.54 Å². The molecule has 86 valence electrons. The van der Waals surface area contributed by atoms with Gasteiger partial charge in [0.25, 0.3) is 0 Å². The number of oxazole rings is 1. The lowest BCUT2D eigenvalue weighted by Crippen LogP contribution is -2.32. The summed E-state index contributed by atoms with van der Waals surface area (Å²) in [6.45, 7) is 0.0797. The highest BCUT2D eigenvalue weighted by atomic mass is 16.4. The van der Waals surface area contributed by atoms with E-state index in [1.54, 1.807) is 18.2 Å². The zero-order chi connectivity index (χ0) is 11.7. The minimum absolute atomic E-state index is 0.0797. The average molecular weight is 223 g/mol. The minimum Gasteiger partial charge on any atom is -0.408 e. The van der Waals surface area contributed by atoms with Gasteiger partial charge in [0.1, 0.15) is 0 Å². The van der Waals surface area contributed by atoms with E-state index in [4.69, 9.17) is 15.9 Å². The van der Waals surface area contributed by atoms with Gasteiger partial charge in [0.15, 0.2) is 5.58 Å². The fraction of sp³-hybridized carbons (Fsp3) is 0.300. The standard InChI is InChI=1S/C10H13N3O3/c11-4-7(14)9(12)5-1-2-6-8(3-5)16-10(15)13-6/h1-3,7,9,14H,4,11-12H2,(H,13,15). The first kappa shape index (κ1) is 10.9. The van der Waals surface area contributed by atoms with Crippen LogP contribution in [-0.2, 0) is 0 Å². The van der Waals surface area contributed by atoms with Crippen molar-refractivity contribution < 1.29 is 9.52 Å². The molecule has 0 radical (unpaired) electrons. The van der Waals surface area contributed by atoms with Crippen LogP contribution in [0.25, 0.3) is 11.1 Å². The van der Waals surface area contributed by atoms with Crippen LogP contribution in [0.3, 0.4) is 0 Å². The third-order valence-electron chi connectivity index (χ3n) is 2.49. The van der Waals surface area contributed by atoms with Gasteiger partial charge in [0.2, 0.25) is 0 Å². The van der Waals surface area contributed by atoms with Crippen molar-refractivity contribution in [3.63, 3.8) is 0 Å². The maximum atomic E-state index is 10.9. The maximum Gasteiger partial charge on any atom is 0.417 e. The highest BCUT2D eigenvalue weighted by Gasteiger charge is 2.16. The summed E-state index contributed by atoms with van der Waals surface area (Å²) in [6.07, 6.45) is -0.817. The summed E-state index contributed by atoms with van der Waals surface area (Å²) in [5.74, 6) is -0.514. The van der Waals surface area contributed by atoms with Crippen molar-refractivity contribution in [3.8, 4) is 0 Å². The van der Waals surface area contributed by atoms with Gasteiger partial charge in [-0.05, 0) is 17.7 Å². The number of aromatic amines is 1. The maximum absolute atomic E-state index is 10.9. The highest BCUT2D eigenvalue weighted by Crippen LogP contribution is 2.18. The third-order valence-corrected chi connectivity index (χ3v) is 2.49. The van der Waals surface area contributed by atoms with Gasteiger partial charge in [-0.1, -0.05) is 6.07 Å². The van der Waals surface area contributed by atoms with Crippen LogP contribution in [0.1, 0.15) is 11.6 Å². The molecule has 0 fully saturated rings. The molecule has 6 heteroatoms. The van der Waals surface area contributed by atoms with Gasteiger partial charge in [0, 0.05) is 6.54 Å². The molecule has 6 nitrogen and oxygen atoms in total. The summed E-state index contributed by atoms with van der Waals surface area (Å²) in [5.41, 5.74) is 12.8. The molecule has 0 aliphatic heterocycles. The summed E-state index contributed by atoms with van der Waals surface area (Å²) < 4.78 is 4.89. The monoisotopic (exact) mass is 223 g/mol. The summed E-state index contributed by atoms with van der Waals surface area (Å²) in [6, 6.07) is 4.43. The lowest BCUT2D eigenvalue weighted by atomic mass is 10.0. The van der Waals surface area contributed by atoms with Gasteiger partial charge in [-0.2, -0.15) is 0 Å². The Morgan fingerprint density at radius 1 is 1.50 bits per heavy atom. The van der Waals surface area contributed by atoms with E-state index in [1.807, 2.05) is 0 Å². The van der Waals surface area contributed by atoms with E-state index in [0.717, 1.165) is 0 Å². The van der Waals surface area contributed by atoms with Crippen LogP contribution >= 0.6 is 0 Å². The number of H-pyrrole nitrogens is 1. The van der Waals surface area contributed by atoms with Crippen LogP contribution in [0.5, 0.6) is 0 Å². The smallest absolute Gasteiger partial charge is 0.408 e. The van der Waals surface area contributed by atoms with Gasteiger partial charge < -0.3 is 21.0 Å². The van der Waals surface area contributed by atoms with Crippen LogP contribution in [-0.4, -0.2) is 22.7 Å². The van der Waals surface area contributed by atoms with Crippen molar-refractivity contribution in [3.05, 3.63) is 34.3 Å². The zero-order valence-electron chi connectivity index (χ0n) is 8.51. The Labute approximate surface area is 90.9 Å². The predicted octanol–water partition coefficient (Wildman–Crippen LogP) is -0.559. The lowest BCUT2D eigenvalue weighted by Gasteiger charge is -2.17. The molecule has 6 N–H and O–H groups in total. The molecule has 0 saturated heterocycles. The molecular weight excluding hydrogens is 210 g/mol. The number of hydrogen-bond acceptors (Lipinski definition) is 5. The molecule has 0 spiro atoms. The molecule has 2 rings (SSSR count). The van der Waals surface area contributed by atoms with E-state index >= 15 is 0 Å². The summed E-state index contributed by atoms with van der Waals surface area (Å²) in [5, 5.41) is 9.51. The number of aromatic nitrogens is 1. The Hall–Kier alpha value is -1.63. The topological polar surface area (TPSA) is 118 Å². The molecule has 1 aromatic heterocycles. The lowest BCUT2D eigenvalue weighted by molar-refractivity contribution is 0.153. The number of aliphatic hydroxyl groups is 1. The Bertz CT molecular complexity index is 545. The van der Waals surface area contributed by atoms with E-state index < -0.39 is 17.9 Å².